The van der Waals surface area contributed by atoms with Gasteiger partial charge >= 0.3 is 6.18 Å². The van der Waals surface area contributed by atoms with E-state index in [-0.39, 0.29) is 5.88 Å². The molecule has 0 saturated carbocycles. The van der Waals surface area contributed by atoms with Gasteiger partial charge < -0.3 is 10.1 Å². The Labute approximate surface area is 123 Å². The number of hydrogen-bond donors (Lipinski definition) is 1. The van der Waals surface area contributed by atoms with Crippen LogP contribution in [0.5, 0.6) is 5.88 Å². The van der Waals surface area contributed by atoms with Gasteiger partial charge in [0.15, 0.2) is 6.10 Å². The fraction of sp³-hybridized carbons (Fsp3) is 0.714. The largest absolute Gasteiger partial charge is 0.465 e. The van der Waals surface area contributed by atoms with E-state index in [2.05, 4.69) is 15.3 Å². The lowest BCUT2D eigenvalue weighted by atomic mass is 10.2. The zero-order valence-corrected chi connectivity index (χ0v) is 12.8. The van der Waals surface area contributed by atoms with E-state index < -0.39 is 12.3 Å². The van der Waals surface area contributed by atoms with Gasteiger partial charge in [0, 0.05) is 13.0 Å². The van der Waals surface area contributed by atoms with Crippen LogP contribution in [0.15, 0.2) is 0 Å². The predicted molar refractivity (Wildman–Crippen MR) is 75.7 cm³/mol. The summed E-state index contributed by atoms with van der Waals surface area (Å²) in [5.41, 5.74) is 0.499. The average Bonchev–Trinajstić information content (AvgIpc) is 2.39. The smallest absolute Gasteiger partial charge is 0.425 e. The first-order valence-electron chi connectivity index (χ1n) is 7.14. The summed E-state index contributed by atoms with van der Waals surface area (Å²) in [5.74, 6) is 1.03. The summed E-state index contributed by atoms with van der Waals surface area (Å²) < 4.78 is 42.9. The molecule has 21 heavy (non-hydrogen) atoms. The lowest BCUT2D eigenvalue weighted by molar-refractivity contribution is -0.190. The molecule has 1 rings (SSSR count). The van der Waals surface area contributed by atoms with Gasteiger partial charge in [-0.05, 0) is 26.7 Å². The first-order valence-corrected chi connectivity index (χ1v) is 7.14. The van der Waals surface area contributed by atoms with Crippen LogP contribution in [-0.4, -0.2) is 28.8 Å². The van der Waals surface area contributed by atoms with E-state index in [0.29, 0.717) is 30.2 Å². The SMILES string of the molecule is CCCNc1nc(CCC)nc(OC(C)C(F)(F)F)c1C. The van der Waals surface area contributed by atoms with Gasteiger partial charge in [0.05, 0.1) is 5.56 Å². The summed E-state index contributed by atoms with van der Waals surface area (Å²) >= 11 is 0. The minimum atomic E-state index is -4.42. The number of ether oxygens (including phenoxy) is 1. The molecular formula is C14H22F3N3O. The number of nitrogens with zero attached hydrogens (tertiary/aromatic N) is 2. The number of alkyl halides is 3. The summed E-state index contributed by atoms with van der Waals surface area (Å²) in [4.78, 5) is 8.46. The highest BCUT2D eigenvalue weighted by Crippen LogP contribution is 2.28. The summed E-state index contributed by atoms with van der Waals surface area (Å²) in [5, 5.41) is 3.10. The molecule has 0 bridgehead atoms. The van der Waals surface area contributed by atoms with Gasteiger partial charge in [-0.2, -0.15) is 18.2 Å². The number of rotatable bonds is 7. The van der Waals surface area contributed by atoms with Crippen LogP contribution in [0.4, 0.5) is 19.0 Å². The molecule has 0 aromatic carbocycles. The Morgan fingerprint density at radius 2 is 1.86 bits per heavy atom. The van der Waals surface area contributed by atoms with Gasteiger partial charge in [-0.3, -0.25) is 0 Å². The molecule has 1 unspecified atom stereocenters. The van der Waals surface area contributed by atoms with E-state index in [0.717, 1.165) is 19.8 Å². The number of halogens is 3. The highest BCUT2D eigenvalue weighted by molar-refractivity contribution is 5.48. The Balaban J connectivity index is 3.07. The topological polar surface area (TPSA) is 47.0 Å². The van der Waals surface area contributed by atoms with E-state index in [1.807, 2.05) is 13.8 Å². The molecule has 0 aliphatic carbocycles. The summed E-state index contributed by atoms with van der Waals surface area (Å²) in [6.45, 7) is 7.28. The highest BCUT2D eigenvalue weighted by atomic mass is 19.4. The molecule has 1 aromatic rings. The zero-order valence-electron chi connectivity index (χ0n) is 12.8. The minimum Gasteiger partial charge on any atom is -0.465 e. The Bertz CT molecular complexity index is 464. The summed E-state index contributed by atoms with van der Waals surface area (Å²) in [6, 6.07) is 0. The van der Waals surface area contributed by atoms with Crippen molar-refractivity contribution in [1.82, 2.24) is 9.97 Å². The van der Waals surface area contributed by atoms with Gasteiger partial charge in [-0.1, -0.05) is 13.8 Å². The standard InChI is InChI=1S/C14H22F3N3O/c1-5-7-11-19-12(18-8-6-2)9(3)13(20-11)21-10(4)14(15,16)17/h10H,5-8H2,1-4H3,(H,18,19,20). The average molecular weight is 305 g/mol. The number of hydrogen-bond acceptors (Lipinski definition) is 4. The van der Waals surface area contributed by atoms with E-state index >= 15 is 0 Å². The minimum absolute atomic E-state index is 0.00289. The summed E-state index contributed by atoms with van der Waals surface area (Å²) in [7, 11) is 0. The Kier molecular flexibility index (Phi) is 6.23. The quantitative estimate of drug-likeness (QED) is 0.830. The van der Waals surface area contributed by atoms with Gasteiger partial charge in [-0.25, -0.2) is 4.98 Å². The molecule has 0 aliphatic heterocycles. The molecule has 0 spiro atoms. The molecule has 0 saturated heterocycles. The molecule has 0 amide bonds. The fourth-order valence-corrected chi connectivity index (χ4v) is 1.64. The molecule has 1 heterocycles. The maximum absolute atomic E-state index is 12.6. The molecule has 1 N–H and O–H groups in total. The van der Waals surface area contributed by atoms with Crippen molar-refractivity contribution in [3.63, 3.8) is 0 Å². The lowest BCUT2D eigenvalue weighted by Crippen LogP contribution is -2.32. The first kappa shape index (κ1) is 17.5. The van der Waals surface area contributed by atoms with Crippen LogP contribution < -0.4 is 10.1 Å². The number of nitrogens with one attached hydrogen (secondary N) is 1. The highest BCUT2D eigenvalue weighted by Gasteiger charge is 2.38. The Morgan fingerprint density at radius 1 is 1.19 bits per heavy atom. The van der Waals surface area contributed by atoms with Crippen molar-refractivity contribution >= 4 is 5.82 Å². The number of anilines is 1. The van der Waals surface area contributed by atoms with Crippen molar-refractivity contribution in [3.8, 4) is 5.88 Å². The maximum atomic E-state index is 12.6. The molecule has 4 nitrogen and oxygen atoms in total. The van der Waals surface area contributed by atoms with Gasteiger partial charge in [0.2, 0.25) is 5.88 Å². The molecular weight excluding hydrogens is 283 g/mol. The van der Waals surface area contributed by atoms with Crippen LogP contribution in [0.1, 0.15) is 45.0 Å². The molecule has 120 valence electrons. The second-order valence-corrected chi connectivity index (χ2v) is 4.90. The number of aromatic nitrogens is 2. The Morgan fingerprint density at radius 3 is 2.38 bits per heavy atom. The van der Waals surface area contributed by atoms with Crippen LogP contribution in [0.25, 0.3) is 0 Å². The second kappa shape index (κ2) is 7.47. The fourth-order valence-electron chi connectivity index (χ4n) is 1.64. The van der Waals surface area contributed by atoms with E-state index in [1.54, 1.807) is 6.92 Å². The summed E-state index contributed by atoms with van der Waals surface area (Å²) in [6.07, 6.45) is -4.02. The van der Waals surface area contributed by atoms with Crippen molar-refractivity contribution in [2.75, 3.05) is 11.9 Å². The number of aryl methyl sites for hydroxylation is 1. The van der Waals surface area contributed by atoms with Crippen LogP contribution in [0.3, 0.4) is 0 Å². The zero-order chi connectivity index (χ0) is 16.0. The van der Waals surface area contributed by atoms with Gasteiger partial charge in [0.1, 0.15) is 11.6 Å². The van der Waals surface area contributed by atoms with Crippen LogP contribution in [0.2, 0.25) is 0 Å². The molecule has 0 radical (unpaired) electrons. The van der Waals surface area contributed by atoms with Crippen LogP contribution in [-0.2, 0) is 6.42 Å². The molecule has 0 fully saturated rings. The normalized spacial score (nSPS) is 13.1. The van der Waals surface area contributed by atoms with Crippen molar-refractivity contribution in [2.24, 2.45) is 0 Å². The predicted octanol–water partition coefficient (Wildman–Crippen LogP) is 3.89. The third kappa shape index (κ3) is 5.06. The van der Waals surface area contributed by atoms with Crippen molar-refractivity contribution in [3.05, 3.63) is 11.4 Å². The Hall–Kier alpha value is -1.53. The van der Waals surface area contributed by atoms with Gasteiger partial charge in [-0.15, -0.1) is 0 Å². The molecule has 0 aliphatic rings. The van der Waals surface area contributed by atoms with Crippen molar-refractivity contribution in [1.29, 1.82) is 0 Å². The van der Waals surface area contributed by atoms with Crippen LogP contribution >= 0.6 is 0 Å². The van der Waals surface area contributed by atoms with Crippen LogP contribution in [0, 0.1) is 6.92 Å². The van der Waals surface area contributed by atoms with Crippen molar-refractivity contribution in [2.45, 2.75) is 59.2 Å². The molecule has 1 aromatic heterocycles. The third-order valence-corrected chi connectivity index (χ3v) is 2.91. The lowest BCUT2D eigenvalue weighted by Gasteiger charge is -2.20. The van der Waals surface area contributed by atoms with E-state index in [9.17, 15) is 13.2 Å². The molecule has 7 heteroatoms. The monoisotopic (exact) mass is 305 g/mol. The van der Waals surface area contributed by atoms with Gasteiger partial charge in [0.25, 0.3) is 0 Å². The maximum Gasteiger partial charge on any atom is 0.425 e. The first-order chi connectivity index (χ1) is 9.79. The van der Waals surface area contributed by atoms with Crippen molar-refractivity contribution < 1.29 is 17.9 Å². The second-order valence-electron chi connectivity index (χ2n) is 4.90. The third-order valence-electron chi connectivity index (χ3n) is 2.91. The molecule has 1 atom stereocenters. The van der Waals surface area contributed by atoms with E-state index in [1.165, 1.54) is 0 Å². The van der Waals surface area contributed by atoms with E-state index in [4.69, 9.17) is 4.74 Å².